The zero-order chi connectivity index (χ0) is 18.6. The highest BCUT2D eigenvalue weighted by Crippen LogP contribution is 2.28. The Morgan fingerprint density at radius 1 is 1.30 bits per heavy atom. The van der Waals surface area contributed by atoms with Crippen LogP contribution in [0.15, 0.2) is 35.6 Å². The Balaban J connectivity index is 1.74. The third-order valence-electron chi connectivity index (χ3n) is 4.69. The molecule has 0 amide bonds. The van der Waals surface area contributed by atoms with Gasteiger partial charge in [-0.2, -0.15) is 5.10 Å². The molecule has 0 spiro atoms. The number of benzene rings is 1. The summed E-state index contributed by atoms with van der Waals surface area (Å²) in [7, 11) is 1.75. The predicted octanol–water partition coefficient (Wildman–Crippen LogP) is 2.32. The molecule has 8 heteroatoms. The van der Waals surface area contributed by atoms with E-state index in [1.54, 1.807) is 13.4 Å². The molecular weight excluding hydrogens is 342 g/mol. The summed E-state index contributed by atoms with van der Waals surface area (Å²) >= 11 is 0. The van der Waals surface area contributed by atoms with Crippen molar-refractivity contribution in [1.29, 1.82) is 5.41 Å². The number of nitrogens with zero attached hydrogens (tertiary/aromatic N) is 5. The highest BCUT2D eigenvalue weighted by atomic mass is 16.5. The Morgan fingerprint density at radius 3 is 2.93 bits per heavy atom. The summed E-state index contributed by atoms with van der Waals surface area (Å²) < 4.78 is 5.42. The molecule has 0 saturated carbocycles. The second-order valence-electron chi connectivity index (χ2n) is 6.27. The van der Waals surface area contributed by atoms with Crippen molar-refractivity contribution in [2.24, 2.45) is 4.99 Å². The number of morpholine rings is 1. The molecule has 0 aliphatic carbocycles. The van der Waals surface area contributed by atoms with Crippen LogP contribution in [0.2, 0.25) is 0 Å². The van der Waals surface area contributed by atoms with Crippen molar-refractivity contribution < 1.29 is 4.74 Å². The SMILES string of the molecule is CN=C(CC=N)c1ccc2[nH]nc(-c3cc(N4CCOCC4)ncn3)c2c1. The maximum atomic E-state index is 7.36. The van der Waals surface area contributed by atoms with Crippen LogP contribution in [-0.4, -0.2) is 65.4 Å². The standard InChI is InChI=1S/C19H21N7O/c1-21-15(4-5-20)13-2-3-16-14(10-13)19(25-24-16)17-11-18(23-12-22-17)26-6-8-27-9-7-26/h2-3,5,10-12,20H,4,6-9H2,1H3,(H,24,25). The first kappa shape index (κ1) is 17.3. The summed E-state index contributed by atoms with van der Waals surface area (Å²) in [5.41, 5.74) is 4.35. The number of hydrogen-bond acceptors (Lipinski definition) is 7. The summed E-state index contributed by atoms with van der Waals surface area (Å²) in [6.45, 7) is 3.06. The summed E-state index contributed by atoms with van der Waals surface area (Å²) in [6.07, 6.45) is 3.45. The summed E-state index contributed by atoms with van der Waals surface area (Å²) in [5, 5.41) is 15.9. The highest BCUT2D eigenvalue weighted by Gasteiger charge is 2.16. The third-order valence-corrected chi connectivity index (χ3v) is 4.69. The summed E-state index contributed by atoms with van der Waals surface area (Å²) in [5.74, 6) is 0.884. The van der Waals surface area contributed by atoms with Crippen LogP contribution in [0.5, 0.6) is 0 Å². The Bertz CT molecular complexity index is 989. The highest BCUT2D eigenvalue weighted by molar-refractivity contribution is 6.09. The van der Waals surface area contributed by atoms with E-state index in [4.69, 9.17) is 10.1 Å². The molecule has 3 heterocycles. The second-order valence-corrected chi connectivity index (χ2v) is 6.27. The Labute approximate surface area is 156 Å². The fraction of sp³-hybridized carbons (Fsp3) is 0.316. The fourth-order valence-corrected chi connectivity index (χ4v) is 3.27. The first-order chi connectivity index (χ1) is 13.3. The van der Waals surface area contributed by atoms with E-state index < -0.39 is 0 Å². The van der Waals surface area contributed by atoms with Crippen molar-refractivity contribution in [2.75, 3.05) is 38.3 Å². The number of rotatable bonds is 5. The number of aliphatic imine (C=N–C) groups is 1. The van der Waals surface area contributed by atoms with Crippen molar-refractivity contribution in [2.45, 2.75) is 6.42 Å². The maximum absolute atomic E-state index is 7.36. The van der Waals surface area contributed by atoms with Gasteiger partial charge in [-0.1, -0.05) is 6.07 Å². The van der Waals surface area contributed by atoms with E-state index in [-0.39, 0.29) is 0 Å². The smallest absolute Gasteiger partial charge is 0.132 e. The molecule has 2 N–H and O–H groups in total. The molecule has 138 valence electrons. The van der Waals surface area contributed by atoms with Crippen LogP contribution in [0.4, 0.5) is 5.82 Å². The van der Waals surface area contributed by atoms with Crippen LogP contribution < -0.4 is 4.90 Å². The summed E-state index contributed by atoms with van der Waals surface area (Å²) in [6, 6.07) is 8.01. The number of anilines is 1. The van der Waals surface area contributed by atoms with Crippen LogP contribution in [0.3, 0.4) is 0 Å². The molecule has 0 bridgehead atoms. The first-order valence-corrected chi connectivity index (χ1v) is 8.88. The van der Waals surface area contributed by atoms with Crippen LogP contribution in [-0.2, 0) is 4.74 Å². The van der Waals surface area contributed by atoms with Crippen molar-refractivity contribution >= 4 is 28.6 Å². The topological polar surface area (TPSA) is 103 Å². The van der Waals surface area contributed by atoms with Gasteiger partial charge in [0, 0.05) is 49.9 Å². The van der Waals surface area contributed by atoms with Crippen molar-refractivity contribution in [3.8, 4) is 11.4 Å². The van der Waals surface area contributed by atoms with Crippen molar-refractivity contribution in [1.82, 2.24) is 20.2 Å². The third kappa shape index (κ3) is 3.43. The Hall–Kier alpha value is -3.13. The van der Waals surface area contributed by atoms with Gasteiger partial charge >= 0.3 is 0 Å². The van der Waals surface area contributed by atoms with Crippen molar-refractivity contribution in [3.63, 3.8) is 0 Å². The minimum Gasteiger partial charge on any atom is -0.378 e. The van der Waals surface area contributed by atoms with E-state index in [1.165, 1.54) is 6.21 Å². The van der Waals surface area contributed by atoms with Gasteiger partial charge in [0.25, 0.3) is 0 Å². The molecule has 0 atom stereocenters. The van der Waals surface area contributed by atoms with Crippen molar-refractivity contribution in [3.05, 3.63) is 36.2 Å². The fourth-order valence-electron chi connectivity index (χ4n) is 3.27. The molecule has 1 aromatic carbocycles. The molecule has 27 heavy (non-hydrogen) atoms. The molecule has 1 fully saturated rings. The average molecular weight is 363 g/mol. The van der Waals surface area contributed by atoms with E-state index in [1.807, 2.05) is 18.2 Å². The van der Waals surface area contributed by atoms with Gasteiger partial charge in [-0.05, 0) is 17.7 Å². The molecule has 1 saturated heterocycles. The number of fused-ring (bicyclic) bond motifs is 1. The van der Waals surface area contributed by atoms with E-state index >= 15 is 0 Å². The maximum Gasteiger partial charge on any atom is 0.132 e. The van der Waals surface area contributed by atoms with Gasteiger partial charge in [0.1, 0.15) is 17.8 Å². The number of H-pyrrole nitrogens is 1. The molecule has 0 radical (unpaired) electrons. The largest absolute Gasteiger partial charge is 0.378 e. The monoisotopic (exact) mass is 363 g/mol. The minimum atomic E-state index is 0.504. The average Bonchev–Trinajstić information content (AvgIpc) is 3.16. The van der Waals surface area contributed by atoms with Gasteiger partial charge in [-0.25, -0.2) is 9.97 Å². The van der Waals surface area contributed by atoms with E-state index in [0.717, 1.165) is 52.5 Å². The lowest BCUT2D eigenvalue weighted by atomic mass is 10.0. The number of aromatic amines is 1. The van der Waals surface area contributed by atoms with Gasteiger partial charge in [0.2, 0.25) is 0 Å². The molecule has 8 nitrogen and oxygen atoms in total. The number of aromatic nitrogens is 4. The van der Waals surface area contributed by atoms with Crippen LogP contribution in [0.1, 0.15) is 12.0 Å². The van der Waals surface area contributed by atoms with Crippen LogP contribution >= 0.6 is 0 Å². The molecule has 4 rings (SSSR count). The molecular formula is C19H21N7O. The first-order valence-electron chi connectivity index (χ1n) is 8.88. The van der Waals surface area contributed by atoms with E-state index in [9.17, 15) is 0 Å². The zero-order valence-electron chi connectivity index (χ0n) is 15.1. The molecule has 1 aliphatic heterocycles. The lowest BCUT2D eigenvalue weighted by Crippen LogP contribution is -2.36. The number of nitrogens with one attached hydrogen (secondary N) is 2. The quantitative estimate of drug-likeness (QED) is 0.677. The van der Waals surface area contributed by atoms with Crippen LogP contribution in [0, 0.1) is 5.41 Å². The lowest BCUT2D eigenvalue weighted by molar-refractivity contribution is 0.122. The normalized spacial score (nSPS) is 15.3. The lowest BCUT2D eigenvalue weighted by Gasteiger charge is -2.27. The van der Waals surface area contributed by atoms with Gasteiger partial charge < -0.3 is 15.0 Å². The number of hydrogen-bond donors (Lipinski definition) is 2. The Kier molecular flexibility index (Phi) is 4.88. The van der Waals surface area contributed by atoms with E-state index in [0.29, 0.717) is 19.6 Å². The number of ether oxygens (including phenoxy) is 1. The summed E-state index contributed by atoms with van der Waals surface area (Å²) in [4.78, 5) is 15.4. The predicted molar refractivity (Wildman–Crippen MR) is 106 cm³/mol. The van der Waals surface area contributed by atoms with Gasteiger partial charge in [-0.15, -0.1) is 0 Å². The van der Waals surface area contributed by atoms with Gasteiger partial charge in [0.05, 0.1) is 24.4 Å². The molecule has 3 aromatic rings. The Morgan fingerprint density at radius 2 is 2.15 bits per heavy atom. The van der Waals surface area contributed by atoms with Gasteiger partial charge in [0.15, 0.2) is 0 Å². The van der Waals surface area contributed by atoms with E-state index in [2.05, 4.69) is 36.1 Å². The zero-order valence-corrected chi connectivity index (χ0v) is 15.1. The minimum absolute atomic E-state index is 0.504. The molecule has 1 aliphatic rings. The van der Waals surface area contributed by atoms with Gasteiger partial charge in [-0.3, -0.25) is 10.1 Å². The van der Waals surface area contributed by atoms with Crippen LogP contribution in [0.25, 0.3) is 22.3 Å². The molecule has 0 unspecified atom stereocenters. The molecule has 2 aromatic heterocycles. The second kappa shape index (κ2) is 7.63.